The average Bonchev–Trinajstić information content (AvgIpc) is 3.23. The maximum Gasteiger partial charge on any atom is 0.225 e. The van der Waals surface area contributed by atoms with Crippen LogP contribution in [-0.2, 0) is 22.5 Å². The van der Waals surface area contributed by atoms with Crippen LogP contribution < -0.4 is 10.1 Å². The summed E-state index contributed by atoms with van der Waals surface area (Å²) in [5, 5.41) is 5.33. The van der Waals surface area contributed by atoms with Gasteiger partial charge in [-0.3, -0.25) is 9.69 Å². The predicted octanol–water partition coefficient (Wildman–Crippen LogP) is 3.63. The molecule has 2 atom stereocenters. The number of morpholine rings is 1. The van der Waals surface area contributed by atoms with Gasteiger partial charge in [0.15, 0.2) is 0 Å². The molecule has 2 heterocycles. The van der Waals surface area contributed by atoms with Gasteiger partial charge >= 0.3 is 0 Å². The number of hydrogen-bond donors (Lipinski definition) is 1. The fraction of sp³-hybridized carbons (Fsp3) is 0.522. The Kier molecular flexibility index (Phi) is 6.53. The number of para-hydroxylation sites is 1. The number of nitrogens with zero attached hydrogens (tertiary/aromatic N) is 1. The minimum Gasteiger partial charge on any atom is -0.496 e. The summed E-state index contributed by atoms with van der Waals surface area (Å²) in [7, 11) is 1.72. The van der Waals surface area contributed by atoms with Crippen LogP contribution in [0.2, 0.25) is 0 Å². The lowest BCUT2D eigenvalue weighted by Crippen LogP contribution is -2.64. The summed E-state index contributed by atoms with van der Waals surface area (Å²) in [4.78, 5) is 16.2. The van der Waals surface area contributed by atoms with Gasteiger partial charge in [0.05, 0.1) is 26.2 Å². The molecule has 1 saturated carbocycles. The third-order valence-corrected chi connectivity index (χ3v) is 6.98. The lowest BCUT2D eigenvalue weighted by atomic mass is 9.78. The Morgan fingerprint density at radius 2 is 2.21 bits per heavy atom. The predicted molar refractivity (Wildman–Crippen MR) is 115 cm³/mol. The topological polar surface area (TPSA) is 50.8 Å². The molecular weight excluding hydrogens is 384 g/mol. The number of thiophene rings is 1. The van der Waals surface area contributed by atoms with E-state index in [0.717, 1.165) is 55.9 Å². The second-order valence-electron chi connectivity index (χ2n) is 8.06. The highest BCUT2D eigenvalue weighted by Crippen LogP contribution is 2.36. The van der Waals surface area contributed by atoms with E-state index in [0.29, 0.717) is 13.0 Å². The van der Waals surface area contributed by atoms with Gasteiger partial charge in [-0.2, -0.15) is 0 Å². The lowest BCUT2D eigenvalue weighted by molar-refractivity contribution is -0.151. The van der Waals surface area contributed by atoms with Gasteiger partial charge in [-0.05, 0) is 30.4 Å². The molecule has 1 N–H and O–H groups in total. The van der Waals surface area contributed by atoms with Gasteiger partial charge in [-0.25, -0.2) is 0 Å². The van der Waals surface area contributed by atoms with Crippen LogP contribution in [0.4, 0.5) is 0 Å². The quantitative estimate of drug-likeness (QED) is 0.784. The fourth-order valence-electron chi connectivity index (χ4n) is 4.68. The number of amides is 1. The van der Waals surface area contributed by atoms with Crippen molar-refractivity contribution in [3.8, 4) is 5.75 Å². The molecule has 1 spiro atoms. The smallest absolute Gasteiger partial charge is 0.225 e. The zero-order valence-corrected chi connectivity index (χ0v) is 17.9. The molecule has 2 aliphatic rings. The van der Waals surface area contributed by atoms with Gasteiger partial charge in [0.2, 0.25) is 5.91 Å². The van der Waals surface area contributed by atoms with E-state index in [1.165, 1.54) is 5.56 Å². The first kappa shape index (κ1) is 20.4. The summed E-state index contributed by atoms with van der Waals surface area (Å²) in [6, 6.07) is 12.3. The van der Waals surface area contributed by atoms with Gasteiger partial charge in [-0.15, -0.1) is 11.3 Å². The standard InChI is InChI=1S/C23H30N2O3S/c1-27-20-9-3-2-7-18(20)16-25-12-13-28-23(17-25)11-5-4-10-21(23)24-22(26)15-19-8-6-14-29-19/h2-3,6-9,14,21H,4-5,10-13,15-17H2,1H3,(H,24,26). The summed E-state index contributed by atoms with van der Waals surface area (Å²) in [5.74, 6) is 1.03. The molecule has 2 aromatic rings. The van der Waals surface area contributed by atoms with Crippen LogP contribution in [0.5, 0.6) is 5.75 Å². The maximum absolute atomic E-state index is 12.7. The Hall–Kier alpha value is -1.89. The second kappa shape index (κ2) is 9.28. The van der Waals surface area contributed by atoms with E-state index >= 15 is 0 Å². The van der Waals surface area contributed by atoms with Crippen molar-refractivity contribution in [3.05, 3.63) is 52.2 Å². The van der Waals surface area contributed by atoms with E-state index in [2.05, 4.69) is 22.3 Å². The molecule has 156 valence electrons. The van der Waals surface area contributed by atoms with Crippen molar-refractivity contribution < 1.29 is 14.3 Å². The molecule has 2 unspecified atom stereocenters. The van der Waals surface area contributed by atoms with Gasteiger partial charge in [0.1, 0.15) is 11.4 Å². The van der Waals surface area contributed by atoms with E-state index in [9.17, 15) is 4.79 Å². The van der Waals surface area contributed by atoms with Crippen LogP contribution in [0.25, 0.3) is 0 Å². The highest BCUT2D eigenvalue weighted by molar-refractivity contribution is 7.10. The Morgan fingerprint density at radius 1 is 1.31 bits per heavy atom. The molecule has 5 nitrogen and oxygen atoms in total. The van der Waals surface area contributed by atoms with Crippen LogP contribution in [0, 0.1) is 0 Å². The first-order valence-electron chi connectivity index (χ1n) is 10.5. The van der Waals surface area contributed by atoms with E-state index < -0.39 is 0 Å². The largest absolute Gasteiger partial charge is 0.496 e. The molecule has 6 heteroatoms. The number of carbonyl (C=O) groups is 1. The fourth-order valence-corrected chi connectivity index (χ4v) is 5.39. The number of carbonyl (C=O) groups excluding carboxylic acids is 1. The molecular formula is C23H30N2O3S. The zero-order chi connectivity index (χ0) is 20.1. The molecule has 1 amide bonds. The third-order valence-electron chi connectivity index (χ3n) is 6.10. The van der Waals surface area contributed by atoms with Crippen molar-refractivity contribution in [2.45, 2.75) is 50.3 Å². The van der Waals surface area contributed by atoms with Crippen molar-refractivity contribution in [2.75, 3.05) is 26.8 Å². The second-order valence-corrected chi connectivity index (χ2v) is 9.09. The molecule has 4 rings (SSSR count). The van der Waals surface area contributed by atoms with Crippen LogP contribution in [-0.4, -0.2) is 49.3 Å². The number of nitrogens with one attached hydrogen (secondary N) is 1. The minimum absolute atomic E-state index is 0.0733. The van der Waals surface area contributed by atoms with Crippen molar-refractivity contribution in [2.24, 2.45) is 0 Å². The third kappa shape index (κ3) is 4.82. The molecule has 1 aliphatic carbocycles. The summed E-state index contributed by atoms with van der Waals surface area (Å²) < 4.78 is 11.9. The molecule has 1 aromatic carbocycles. The molecule has 1 saturated heterocycles. The van der Waals surface area contributed by atoms with Crippen molar-refractivity contribution >= 4 is 17.2 Å². The SMILES string of the molecule is COc1ccccc1CN1CCOC2(CCCCC2NC(=O)Cc2cccs2)C1. The Bertz CT molecular complexity index is 806. The van der Waals surface area contributed by atoms with E-state index in [1.54, 1.807) is 18.4 Å². The minimum atomic E-state index is -0.288. The first-order chi connectivity index (χ1) is 14.2. The van der Waals surface area contributed by atoms with Gasteiger partial charge in [0, 0.05) is 30.1 Å². The number of ether oxygens (including phenoxy) is 2. The summed E-state index contributed by atoms with van der Waals surface area (Å²) in [6.45, 7) is 3.28. The molecule has 0 bridgehead atoms. The Morgan fingerprint density at radius 3 is 3.03 bits per heavy atom. The molecule has 0 radical (unpaired) electrons. The monoisotopic (exact) mass is 414 g/mol. The first-order valence-corrected chi connectivity index (χ1v) is 11.4. The highest BCUT2D eigenvalue weighted by atomic mass is 32.1. The lowest BCUT2D eigenvalue weighted by Gasteiger charge is -2.49. The summed E-state index contributed by atoms with van der Waals surface area (Å²) >= 11 is 1.63. The van der Waals surface area contributed by atoms with Crippen molar-refractivity contribution in [1.82, 2.24) is 10.2 Å². The Labute approximate surface area is 177 Å². The Balaban J connectivity index is 1.44. The summed E-state index contributed by atoms with van der Waals surface area (Å²) in [5.41, 5.74) is 0.907. The molecule has 2 fully saturated rings. The molecule has 1 aliphatic heterocycles. The van der Waals surface area contributed by atoms with Gasteiger partial charge < -0.3 is 14.8 Å². The zero-order valence-electron chi connectivity index (χ0n) is 17.1. The van der Waals surface area contributed by atoms with Gasteiger partial charge in [0.25, 0.3) is 0 Å². The molecule has 1 aromatic heterocycles. The van der Waals surface area contributed by atoms with E-state index in [-0.39, 0.29) is 17.6 Å². The number of benzene rings is 1. The van der Waals surface area contributed by atoms with Gasteiger partial charge in [-0.1, -0.05) is 37.1 Å². The van der Waals surface area contributed by atoms with E-state index in [1.807, 2.05) is 29.6 Å². The van der Waals surface area contributed by atoms with Crippen LogP contribution in [0.3, 0.4) is 0 Å². The van der Waals surface area contributed by atoms with Crippen LogP contribution in [0.1, 0.15) is 36.1 Å². The molecule has 29 heavy (non-hydrogen) atoms. The summed E-state index contributed by atoms with van der Waals surface area (Å²) in [6.07, 6.45) is 4.73. The van der Waals surface area contributed by atoms with Crippen molar-refractivity contribution in [1.29, 1.82) is 0 Å². The number of rotatable bonds is 6. The highest BCUT2D eigenvalue weighted by Gasteiger charge is 2.45. The number of methoxy groups -OCH3 is 1. The van der Waals surface area contributed by atoms with Crippen LogP contribution in [0.15, 0.2) is 41.8 Å². The van der Waals surface area contributed by atoms with E-state index in [4.69, 9.17) is 9.47 Å². The average molecular weight is 415 g/mol. The van der Waals surface area contributed by atoms with Crippen LogP contribution >= 0.6 is 11.3 Å². The van der Waals surface area contributed by atoms with Crippen molar-refractivity contribution in [3.63, 3.8) is 0 Å². The normalized spacial score (nSPS) is 25.1. The number of hydrogen-bond acceptors (Lipinski definition) is 5. The maximum atomic E-state index is 12.7.